The van der Waals surface area contributed by atoms with Gasteiger partial charge in [0.1, 0.15) is 5.75 Å². The van der Waals surface area contributed by atoms with Gasteiger partial charge in [-0.05, 0) is 61.9 Å². The van der Waals surface area contributed by atoms with Crippen molar-refractivity contribution in [3.8, 4) is 5.75 Å². The third kappa shape index (κ3) is 5.68. The molecule has 3 aromatic rings. The molecule has 0 fully saturated rings. The molecule has 1 aromatic heterocycles. The van der Waals surface area contributed by atoms with Crippen LogP contribution in [0.1, 0.15) is 12.5 Å². The molecule has 0 saturated heterocycles. The number of anilines is 4. The Morgan fingerprint density at radius 2 is 1.78 bits per heavy atom. The minimum Gasteiger partial charge on any atom is -0.481 e. The van der Waals surface area contributed by atoms with Crippen molar-refractivity contribution in [2.24, 2.45) is 10.9 Å². The van der Waals surface area contributed by atoms with Crippen molar-refractivity contribution in [2.45, 2.75) is 24.8 Å². The van der Waals surface area contributed by atoms with E-state index in [4.69, 9.17) is 15.6 Å². The fourth-order valence-corrected chi connectivity index (χ4v) is 3.13. The second-order valence-electron chi connectivity index (χ2n) is 6.85. The summed E-state index contributed by atoms with van der Waals surface area (Å²) in [6, 6.07) is 10.6. The number of nitrogens with one attached hydrogen (secondary N) is 2. The Morgan fingerprint density at radius 3 is 2.38 bits per heavy atom. The fourth-order valence-electron chi connectivity index (χ4n) is 2.62. The number of amides is 1. The van der Waals surface area contributed by atoms with Crippen molar-refractivity contribution >= 4 is 39.1 Å². The highest BCUT2D eigenvalue weighted by atomic mass is 32.2. The first kappa shape index (κ1) is 22.9. The molecule has 0 spiro atoms. The van der Waals surface area contributed by atoms with Crippen LogP contribution in [0.15, 0.2) is 53.6 Å². The zero-order valence-corrected chi connectivity index (χ0v) is 18.0. The SMILES string of the molecule is Cc1cc(Nc2nc(Nc3ccc(S(N)(=O)=O)cc3)ncc2F)ccc1OC(C)C(N)=O. The number of primary amides is 1. The van der Waals surface area contributed by atoms with E-state index in [9.17, 15) is 17.6 Å². The van der Waals surface area contributed by atoms with Crippen LogP contribution in [0.5, 0.6) is 5.75 Å². The number of sulfonamides is 1. The predicted octanol–water partition coefficient (Wildman–Crippen LogP) is 2.31. The molecule has 1 heterocycles. The normalized spacial score (nSPS) is 12.1. The average molecular weight is 460 g/mol. The summed E-state index contributed by atoms with van der Waals surface area (Å²) in [6.07, 6.45) is 0.203. The summed E-state index contributed by atoms with van der Waals surface area (Å²) in [4.78, 5) is 19.1. The first-order valence-corrected chi connectivity index (χ1v) is 10.8. The monoisotopic (exact) mass is 460 g/mol. The number of aryl methyl sites for hydroxylation is 1. The summed E-state index contributed by atoms with van der Waals surface area (Å²) in [5.41, 5.74) is 6.92. The number of primary sulfonamides is 1. The van der Waals surface area contributed by atoms with Crippen molar-refractivity contribution in [3.63, 3.8) is 0 Å². The van der Waals surface area contributed by atoms with Gasteiger partial charge in [0, 0.05) is 11.4 Å². The van der Waals surface area contributed by atoms with Gasteiger partial charge < -0.3 is 21.1 Å². The van der Waals surface area contributed by atoms with Crippen LogP contribution < -0.4 is 26.2 Å². The van der Waals surface area contributed by atoms with E-state index in [-0.39, 0.29) is 16.7 Å². The molecule has 0 radical (unpaired) electrons. The lowest BCUT2D eigenvalue weighted by Gasteiger charge is -2.15. The zero-order chi connectivity index (χ0) is 23.5. The molecule has 3 rings (SSSR count). The van der Waals surface area contributed by atoms with E-state index >= 15 is 0 Å². The lowest BCUT2D eigenvalue weighted by atomic mass is 10.2. The van der Waals surface area contributed by atoms with Crippen molar-refractivity contribution in [3.05, 3.63) is 60.0 Å². The predicted molar refractivity (Wildman–Crippen MR) is 117 cm³/mol. The summed E-state index contributed by atoms with van der Waals surface area (Å²) < 4.78 is 42.4. The highest BCUT2D eigenvalue weighted by Crippen LogP contribution is 2.26. The maximum Gasteiger partial charge on any atom is 0.258 e. The first-order chi connectivity index (χ1) is 15.0. The molecule has 1 unspecified atom stereocenters. The van der Waals surface area contributed by atoms with Gasteiger partial charge in [0.15, 0.2) is 17.7 Å². The Balaban J connectivity index is 1.76. The number of rotatable bonds is 8. The van der Waals surface area contributed by atoms with E-state index in [1.54, 1.807) is 32.0 Å². The Kier molecular flexibility index (Phi) is 6.55. The summed E-state index contributed by atoms with van der Waals surface area (Å²) in [5, 5.41) is 10.8. The van der Waals surface area contributed by atoms with E-state index in [1.165, 1.54) is 24.3 Å². The zero-order valence-electron chi connectivity index (χ0n) is 17.2. The fraction of sp³-hybridized carbons (Fsp3) is 0.150. The average Bonchev–Trinajstić information content (AvgIpc) is 2.72. The number of nitrogens with two attached hydrogens (primary N) is 2. The number of aromatic nitrogens is 2. The van der Waals surface area contributed by atoms with Gasteiger partial charge >= 0.3 is 0 Å². The molecule has 0 aliphatic heterocycles. The minimum atomic E-state index is -3.81. The van der Waals surface area contributed by atoms with Crippen molar-refractivity contribution in [1.82, 2.24) is 9.97 Å². The van der Waals surface area contributed by atoms with Gasteiger partial charge in [-0.15, -0.1) is 0 Å². The quantitative estimate of drug-likeness (QED) is 0.398. The van der Waals surface area contributed by atoms with Crippen LogP contribution in [-0.4, -0.2) is 30.4 Å². The number of halogens is 1. The molecule has 0 aliphatic rings. The van der Waals surface area contributed by atoms with Gasteiger partial charge in [0.05, 0.1) is 11.1 Å². The van der Waals surface area contributed by atoms with Crippen LogP contribution in [0.2, 0.25) is 0 Å². The maximum atomic E-state index is 14.2. The summed E-state index contributed by atoms with van der Waals surface area (Å²) in [6.45, 7) is 3.31. The number of nitrogens with zero attached hydrogens (tertiary/aromatic N) is 2. The van der Waals surface area contributed by atoms with Crippen LogP contribution in [0, 0.1) is 12.7 Å². The third-order valence-electron chi connectivity index (χ3n) is 4.33. The highest BCUT2D eigenvalue weighted by Gasteiger charge is 2.13. The first-order valence-electron chi connectivity index (χ1n) is 9.29. The standard InChI is InChI=1S/C20H21FN6O4S/c1-11-9-14(5-8-17(11)31-12(2)18(22)28)25-19-16(21)10-24-20(27-19)26-13-3-6-15(7-4-13)32(23,29)30/h3-10,12H,1-2H3,(H2,22,28)(H2,23,29,30)(H2,24,25,26,27). The number of carbonyl (C=O) groups is 1. The summed E-state index contributed by atoms with van der Waals surface area (Å²) >= 11 is 0. The highest BCUT2D eigenvalue weighted by molar-refractivity contribution is 7.89. The van der Waals surface area contributed by atoms with Crippen LogP contribution in [0.4, 0.5) is 27.5 Å². The summed E-state index contributed by atoms with van der Waals surface area (Å²) in [7, 11) is -3.81. The van der Waals surface area contributed by atoms with Gasteiger partial charge in [0.2, 0.25) is 16.0 Å². The molecule has 10 nitrogen and oxygen atoms in total. The molecule has 168 valence electrons. The molecule has 0 bridgehead atoms. The Morgan fingerprint density at radius 1 is 1.12 bits per heavy atom. The van der Waals surface area contributed by atoms with E-state index < -0.39 is 27.9 Å². The Bertz CT molecular complexity index is 1250. The second-order valence-corrected chi connectivity index (χ2v) is 8.41. The number of ether oxygens (including phenoxy) is 1. The topological polar surface area (TPSA) is 162 Å². The van der Waals surface area contributed by atoms with E-state index in [2.05, 4.69) is 20.6 Å². The smallest absolute Gasteiger partial charge is 0.258 e. The van der Waals surface area contributed by atoms with Crippen molar-refractivity contribution in [2.75, 3.05) is 10.6 Å². The maximum absolute atomic E-state index is 14.2. The van der Waals surface area contributed by atoms with Crippen LogP contribution >= 0.6 is 0 Å². The third-order valence-corrected chi connectivity index (χ3v) is 5.25. The largest absolute Gasteiger partial charge is 0.481 e. The molecule has 1 atom stereocenters. The Labute approximate surface area is 183 Å². The molecule has 6 N–H and O–H groups in total. The summed E-state index contributed by atoms with van der Waals surface area (Å²) in [5.74, 6) is -0.795. The molecule has 12 heteroatoms. The lowest BCUT2D eigenvalue weighted by molar-refractivity contribution is -0.123. The molecule has 2 aromatic carbocycles. The van der Waals surface area contributed by atoms with Crippen molar-refractivity contribution in [1.29, 1.82) is 0 Å². The number of hydrogen-bond donors (Lipinski definition) is 4. The van der Waals surface area contributed by atoms with E-state index in [0.717, 1.165) is 6.20 Å². The van der Waals surface area contributed by atoms with Crippen LogP contribution in [-0.2, 0) is 14.8 Å². The second kappa shape index (κ2) is 9.16. The van der Waals surface area contributed by atoms with E-state index in [1.807, 2.05) is 0 Å². The minimum absolute atomic E-state index is 0.0431. The molecule has 0 aliphatic carbocycles. The van der Waals surface area contributed by atoms with Gasteiger partial charge in [-0.2, -0.15) is 4.98 Å². The number of carbonyl (C=O) groups excluding carboxylic acids is 1. The molecular formula is C20H21FN6O4S. The van der Waals surface area contributed by atoms with E-state index in [0.29, 0.717) is 22.7 Å². The van der Waals surface area contributed by atoms with Crippen LogP contribution in [0.25, 0.3) is 0 Å². The number of hydrogen-bond acceptors (Lipinski definition) is 8. The molecule has 1 amide bonds. The molecule has 0 saturated carbocycles. The molecular weight excluding hydrogens is 439 g/mol. The molecule has 32 heavy (non-hydrogen) atoms. The van der Waals surface area contributed by atoms with Gasteiger partial charge in [0.25, 0.3) is 5.91 Å². The van der Waals surface area contributed by atoms with Gasteiger partial charge in [-0.1, -0.05) is 0 Å². The lowest BCUT2D eigenvalue weighted by Crippen LogP contribution is -2.30. The van der Waals surface area contributed by atoms with Gasteiger partial charge in [-0.3, -0.25) is 4.79 Å². The van der Waals surface area contributed by atoms with Crippen molar-refractivity contribution < 1.29 is 22.3 Å². The van der Waals surface area contributed by atoms with Crippen LogP contribution in [0.3, 0.4) is 0 Å². The number of benzene rings is 2. The Hall–Kier alpha value is -3.77. The van der Waals surface area contributed by atoms with Gasteiger partial charge in [-0.25, -0.2) is 22.9 Å².